The van der Waals surface area contributed by atoms with Gasteiger partial charge in [-0.1, -0.05) is 41.9 Å². The van der Waals surface area contributed by atoms with E-state index in [4.69, 9.17) is 16.9 Å². The molecule has 1 amide bonds. The molecule has 0 N–H and O–H groups in total. The standard InChI is InChI=1S/C19H14ClN5O/c20-17-4-2-1-3-16(17)13-5-6-14-9-24(10-15(14)7-13)19(26)11-25-12-22-18(8-21)23-25/h1-7,12H,9-11H2. The third-order valence-electron chi connectivity index (χ3n) is 4.40. The first-order valence-corrected chi connectivity index (χ1v) is 8.46. The average Bonchev–Trinajstić information content (AvgIpc) is 3.28. The maximum Gasteiger partial charge on any atom is 0.252 e. The van der Waals surface area contributed by atoms with Gasteiger partial charge in [-0.25, -0.2) is 9.67 Å². The van der Waals surface area contributed by atoms with Crippen molar-refractivity contribution in [2.75, 3.05) is 0 Å². The molecule has 0 saturated carbocycles. The van der Waals surface area contributed by atoms with E-state index >= 15 is 0 Å². The van der Waals surface area contributed by atoms with Crippen molar-refractivity contribution in [2.45, 2.75) is 19.6 Å². The molecule has 0 radical (unpaired) electrons. The van der Waals surface area contributed by atoms with Gasteiger partial charge in [-0.15, -0.1) is 5.10 Å². The molecule has 0 atom stereocenters. The molecule has 1 aromatic heterocycles. The largest absolute Gasteiger partial charge is 0.332 e. The summed E-state index contributed by atoms with van der Waals surface area (Å²) >= 11 is 6.29. The highest BCUT2D eigenvalue weighted by atomic mass is 35.5. The van der Waals surface area contributed by atoms with Crippen LogP contribution < -0.4 is 0 Å². The molecular formula is C19H14ClN5O. The summed E-state index contributed by atoms with van der Waals surface area (Å²) in [7, 11) is 0. The minimum atomic E-state index is -0.0603. The van der Waals surface area contributed by atoms with Crippen molar-refractivity contribution >= 4 is 17.5 Å². The Kier molecular flexibility index (Phi) is 4.15. The number of aromatic nitrogens is 3. The highest BCUT2D eigenvalue weighted by molar-refractivity contribution is 6.33. The van der Waals surface area contributed by atoms with E-state index in [0.717, 1.165) is 22.3 Å². The first-order chi connectivity index (χ1) is 12.6. The minimum absolute atomic E-state index is 0.0603. The van der Waals surface area contributed by atoms with E-state index in [2.05, 4.69) is 16.1 Å². The van der Waals surface area contributed by atoms with Crippen LogP contribution in [-0.2, 0) is 24.4 Å². The zero-order chi connectivity index (χ0) is 18.1. The van der Waals surface area contributed by atoms with Crippen molar-refractivity contribution in [1.29, 1.82) is 5.26 Å². The number of amides is 1. The molecule has 4 rings (SSSR count). The van der Waals surface area contributed by atoms with Gasteiger partial charge in [-0.2, -0.15) is 5.26 Å². The van der Waals surface area contributed by atoms with Gasteiger partial charge in [-0.3, -0.25) is 4.79 Å². The van der Waals surface area contributed by atoms with Crippen molar-refractivity contribution < 1.29 is 4.79 Å². The van der Waals surface area contributed by atoms with Crippen molar-refractivity contribution in [3.63, 3.8) is 0 Å². The molecule has 6 nitrogen and oxygen atoms in total. The minimum Gasteiger partial charge on any atom is -0.332 e. The maximum absolute atomic E-state index is 12.5. The molecule has 0 bridgehead atoms. The number of nitriles is 1. The number of hydrogen-bond acceptors (Lipinski definition) is 4. The summed E-state index contributed by atoms with van der Waals surface area (Å²) in [5.74, 6) is 0.00164. The van der Waals surface area contributed by atoms with Crippen LogP contribution in [0.25, 0.3) is 11.1 Å². The monoisotopic (exact) mass is 363 g/mol. The summed E-state index contributed by atoms with van der Waals surface area (Å²) in [5.41, 5.74) is 4.27. The van der Waals surface area contributed by atoms with Crippen LogP contribution in [0.1, 0.15) is 17.0 Å². The molecular weight excluding hydrogens is 350 g/mol. The zero-order valence-electron chi connectivity index (χ0n) is 13.8. The van der Waals surface area contributed by atoms with Crippen LogP contribution in [0.3, 0.4) is 0 Å². The number of carbonyl (C=O) groups excluding carboxylic acids is 1. The summed E-state index contributed by atoms with van der Waals surface area (Å²) in [6.45, 7) is 1.18. The first-order valence-electron chi connectivity index (χ1n) is 8.08. The summed E-state index contributed by atoms with van der Waals surface area (Å²) in [4.78, 5) is 18.1. The van der Waals surface area contributed by atoms with Crippen molar-refractivity contribution in [2.24, 2.45) is 0 Å². The Morgan fingerprint density at radius 2 is 2.00 bits per heavy atom. The Bertz CT molecular complexity index is 1040. The molecule has 7 heteroatoms. The molecule has 2 aromatic carbocycles. The Morgan fingerprint density at radius 3 is 2.77 bits per heavy atom. The number of rotatable bonds is 3. The SMILES string of the molecule is N#Cc1ncn(CC(=O)N2Cc3ccc(-c4ccccc4Cl)cc3C2)n1. The number of benzene rings is 2. The van der Waals surface area contributed by atoms with E-state index in [1.54, 1.807) is 4.90 Å². The molecule has 2 heterocycles. The lowest BCUT2D eigenvalue weighted by molar-refractivity contribution is -0.132. The summed E-state index contributed by atoms with van der Waals surface area (Å²) < 4.78 is 1.39. The first kappa shape index (κ1) is 16.3. The van der Waals surface area contributed by atoms with Crippen molar-refractivity contribution in [3.8, 4) is 17.2 Å². The molecule has 0 fully saturated rings. The van der Waals surface area contributed by atoms with Crippen molar-refractivity contribution in [1.82, 2.24) is 19.7 Å². The topological polar surface area (TPSA) is 74.8 Å². The van der Waals surface area contributed by atoms with Gasteiger partial charge in [0.15, 0.2) is 0 Å². The number of halogens is 1. The number of carbonyl (C=O) groups is 1. The van der Waals surface area contributed by atoms with Crippen molar-refractivity contribution in [3.05, 3.63) is 70.8 Å². The van der Waals surface area contributed by atoms with Crippen LogP contribution in [0.5, 0.6) is 0 Å². The molecule has 1 aliphatic heterocycles. The molecule has 0 spiro atoms. The van der Waals surface area contributed by atoms with Crippen LogP contribution >= 0.6 is 11.6 Å². The summed E-state index contributed by atoms with van der Waals surface area (Å²) in [6, 6.07) is 15.7. The molecule has 0 unspecified atom stereocenters. The highest BCUT2D eigenvalue weighted by Crippen LogP contribution is 2.32. The lowest BCUT2D eigenvalue weighted by atomic mass is 10.0. The fourth-order valence-corrected chi connectivity index (χ4v) is 3.34. The van der Waals surface area contributed by atoms with E-state index in [1.165, 1.54) is 11.0 Å². The Balaban J connectivity index is 1.51. The molecule has 26 heavy (non-hydrogen) atoms. The fourth-order valence-electron chi connectivity index (χ4n) is 3.09. The van der Waals surface area contributed by atoms with Gasteiger partial charge >= 0.3 is 0 Å². The van der Waals surface area contributed by atoms with Gasteiger partial charge in [0.05, 0.1) is 0 Å². The maximum atomic E-state index is 12.5. The lowest BCUT2D eigenvalue weighted by Crippen LogP contribution is -2.29. The van der Waals surface area contributed by atoms with Gasteiger partial charge in [-0.05, 0) is 28.8 Å². The number of hydrogen-bond donors (Lipinski definition) is 0. The Labute approximate surface area is 155 Å². The van der Waals surface area contributed by atoms with E-state index in [-0.39, 0.29) is 18.3 Å². The van der Waals surface area contributed by atoms with Gasteiger partial charge in [0.25, 0.3) is 5.82 Å². The smallest absolute Gasteiger partial charge is 0.252 e. The van der Waals surface area contributed by atoms with E-state index in [9.17, 15) is 4.79 Å². The van der Waals surface area contributed by atoms with E-state index < -0.39 is 0 Å². The van der Waals surface area contributed by atoms with E-state index in [1.807, 2.05) is 42.5 Å². The van der Waals surface area contributed by atoms with Gasteiger partial charge in [0, 0.05) is 23.7 Å². The van der Waals surface area contributed by atoms with Crippen LogP contribution in [0.4, 0.5) is 0 Å². The zero-order valence-corrected chi connectivity index (χ0v) is 14.5. The second-order valence-electron chi connectivity index (χ2n) is 6.09. The second kappa shape index (κ2) is 6.62. The van der Waals surface area contributed by atoms with Gasteiger partial charge in [0.2, 0.25) is 5.91 Å². The predicted molar refractivity (Wildman–Crippen MR) is 95.9 cm³/mol. The normalized spacial score (nSPS) is 12.7. The third-order valence-corrected chi connectivity index (χ3v) is 4.73. The Morgan fingerprint density at radius 1 is 1.19 bits per heavy atom. The fraction of sp³-hybridized carbons (Fsp3) is 0.158. The van der Waals surface area contributed by atoms with Crippen LogP contribution in [-0.4, -0.2) is 25.6 Å². The second-order valence-corrected chi connectivity index (χ2v) is 6.50. The van der Waals surface area contributed by atoms with E-state index in [0.29, 0.717) is 18.1 Å². The highest BCUT2D eigenvalue weighted by Gasteiger charge is 2.24. The molecule has 3 aromatic rings. The number of nitrogens with zero attached hydrogens (tertiary/aromatic N) is 5. The quantitative estimate of drug-likeness (QED) is 0.716. The molecule has 0 saturated heterocycles. The molecule has 128 valence electrons. The van der Waals surface area contributed by atoms with Gasteiger partial charge < -0.3 is 4.90 Å². The van der Waals surface area contributed by atoms with Crippen LogP contribution in [0, 0.1) is 11.3 Å². The molecule has 1 aliphatic rings. The third kappa shape index (κ3) is 3.05. The van der Waals surface area contributed by atoms with Crippen LogP contribution in [0.2, 0.25) is 5.02 Å². The summed E-state index contributed by atoms with van der Waals surface area (Å²) in [5, 5.41) is 13.4. The molecule has 0 aliphatic carbocycles. The number of fused-ring (bicyclic) bond motifs is 1. The lowest BCUT2D eigenvalue weighted by Gasteiger charge is -2.14. The predicted octanol–water partition coefficient (Wildman–Crippen LogP) is 3.01. The summed E-state index contributed by atoms with van der Waals surface area (Å²) in [6.07, 6.45) is 1.40. The Hall–Kier alpha value is -3.17. The van der Waals surface area contributed by atoms with Crippen LogP contribution in [0.15, 0.2) is 48.8 Å². The van der Waals surface area contributed by atoms with Gasteiger partial charge in [0.1, 0.15) is 18.9 Å². The average molecular weight is 364 g/mol.